The SMILES string of the molecule is Cc1ccc([C@@H](O)[C@H]2CC[C@@H](Cc3ccc(C(=O)N(C)Cc4cccnc4)cc3)C2)cn1. The molecule has 1 aromatic carbocycles. The summed E-state index contributed by atoms with van der Waals surface area (Å²) in [6, 6.07) is 15.8. The lowest BCUT2D eigenvalue weighted by atomic mass is 9.92. The van der Waals surface area contributed by atoms with Gasteiger partial charge in [0.15, 0.2) is 0 Å². The highest BCUT2D eigenvalue weighted by Crippen LogP contribution is 2.40. The molecule has 0 radical (unpaired) electrons. The molecule has 1 saturated carbocycles. The summed E-state index contributed by atoms with van der Waals surface area (Å²) < 4.78 is 0. The van der Waals surface area contributed by atoms with Crippen molar-refractivity contribution in [3.63, 3.8) is 0 Å². The van der Waals surface area contributed by atoms with Crippen molar-refractivity contribution < 1.29 is 9.90 Å². The summed E-state index contributed by atoms with van der Waals surface area (Å²) in [7, 11) is 1.82. The van der Waals surface area contributed by atoms with Crippen LogP contribution < -0.4 is 0 Å². The Balaban J connectivity index is 1.31. The first kappa shape index (κ1) is 22.2. The molecule has 32 heavy (non-hydrogen) atoms. The highest BCUT2D eigenvalue weighted by Gasteiger charge is 2.30. The van der Waals surface area contributed by atoms with Gasteiger partial charge >= 0.3 is 0 Å². The number of aryl methyl sites for hydroxylation is 1. The fourth-order valence-corrected chi connectivity index (χ4v) is 4.69. The van der Waals surface area contributed by atoms with E-state index in [2.05, 4.69) is 22.1 Å². The van der Waals surface area contributed by atoms with Crippen LogP contribution in [0.2, 0.25) is 0 Å². The molecule has 0 spiro atoms. The molecule has 1 amide bonds. The molecule has 1 aliphatic carbocycles. The van der Waals surface area contributed by atoms with E-state index < -0.39 is 6.10 Å². The molecule has 1 aliphatic rings. The summed E-state index contributed by atoms with van der Waals surface area (Å²) in [4.78, 5) is 22.9. The number of aliphatic hydroxyl groups is 1. The number of hydrogen-bond donors (Lipinski definition) is 1. The molecule has 4 rings (SSSR count). The number of aliphatic hydroxyl groups excluding tert-OH is 1. The van der Waals surface area contributed by atoms with Gasteiger partial charge in [-0.3, -0.25) is 14.8 Å². The second kappa shape index (κ2) is 10.0. The van der Waals surface area contributed by atoms with E-state index in [1.165, 1.54) is 5.56 Å². The van der Waals surface area contributed by atoms with Crippen molar-refractivity contribution in [3.05, 3.63) is 95.1 Å². The maximum atomic E-state index is 12.8. The lowest BCUT2D eigenvalue weighted by Gasteiger charge is -2.19. The minimum atomic E-state index is -0.441. The number of carbonyl (C=O) groups excluding carboxylic acids is 1. The number of rotatable bonds is 7. The van der Waals surface area contributed by atoms with E-state index in [-0.39, 0.29) is 11.8 Å². The summed E-state index contributed by atoms with van der Waals surface area (Å²) in [5, 5.41) is 10.8. The van der Waals surface area contributed by atoms with Crippen LogP contribution in [0.4, 0.5) is 0 Å². The summed E-state index contributed by atoms with van der Waals surface area (Å²) >= 11 is 0. The number of hydrogen-bond acceptors (Lipinski definition) is 4. The normalized spacial score (nSPS) is 19.0. The summed E-state index contributed by atoms with van der Waals surface area (Å²) in [6.07, 6.45) is 9.03. The van der Waals surface area contributed by atoms with Crippen molar-refractivity contribution in [2.75, 3.05) is 7.05 Å². The van der Waals surface area contributed by atoms with E-state index >= 15 is 0 Å². The second-order valence-electron chi connectivity index (χ2n) is 9.04. The average Bonchev–Trinajstić information content (AvgIpc) is 3.28. The van der Waals surface area contributed by atoms with Crippen LogP contribution in [-0.4, -0.2) is 32.9 Å². The topological polar surface area (TPSA) is 66.3 Å². The van der Waals surface area contributed by atoms with Crippen LogP contribution >= 0.6 is 0 Å². The van der Waals surface area contributed by atoms with Crippen LogP contribution in [0.5, 0.6) is 0 Å². The minimum Gasteiger partial charge on any atom is -0.388 e. The highest BCUT2D eigenvalue weighted by atomic mass is 16.3. The Hall–Kier alpha value is -3.05. The molecule has 2 heterocycles. The zero-order valence-corrected chi connectivity index (χ0v) is 18.8. The van der Waals surface area contributed by atoms with Crippen LogP contribution in [0.3, 0.4) is 0 Å². The number of aromatic nitrogens is 2. The zero-order valence-electron chi connectivity index (χ0n) is 18.8. The summed E-state index contributed by atoms with van der Waals surface area (Å²) in [5.74, 6) is 0.852. The smallest absolute Gasteiger partial charge is 0.253 e. The van der Waals surface area contributed by atoms with Crippen LogP contribution in [-0.2, 0) is 13.0 Å². The van der Waals surface area contributed by atoms with Gasteiger partial charge in [-0.05, 0) is 85.4 Å². The van der Waals surface area contributed by atoms with E-state index in [1.807, 2.05) is 50.4 Å². The number of amides is 1. The van der Waals surface area contributed by atoms with E-state index in [4.69, 9.17) is 0 Å². The molecule has 0 aliphatic heterocycles. The van der Waals surface area contributed by atoms with Crippen molar-refractivity contribution >= 4 is 5.91 Å². The van der Waals surface area contributed by atoms with Crippen LogP contribution in [0, 0.1) is 18.8 Å². The van der Waals surface area contributed by atoms with Gasteiger partial charge in [-0.15, -0.1) is 0 Å². The fraction of sp³-hybridized carbons (Fsp3) is 0.370. The monoisotopic (exact) mass is 429 g/mol. The maximum Gasteiger partial charge on any atom is 0.253 e. The van der Waals surface area contributed by atoms with E-state index in [1.54, 1.807) is 23.5 Å². The quantitative estimate of drug-likeness (QED) is 0.589. The Labute approximate surface area is 190 Å². The molecule has 2 aromatic heterocycles. The third-order valence-corrected chi connectivity index (χ3v) is 6.52. The number of pyridine rings is 2. The van der Waals surface area contributed by atoms with Gasteiger partial charge in [-0.2, -0.15) is 0 Å². The Kier molecular flexibility index (Phi) is 6.96. The van der Waals surface area contributed by atoms with Gasteiger partial charge in [0.1, 0.15) is 0 Å². The number of carbonyl (C=O) groups is 1. The molecule has 3 aromatic rings. The molecule has 1 N–H and O–H groups in total. The number of nitrogens with zero attached hydrogens (tertiary/aromatic N) is 3. The Bertz CT molecular complexity index is 1020. The largest absolute Gasteiger partial charge is 0.388 e. The molecule has 5 heteroatoms. The Morgan fingerprint density at radius 3 is 2.59 bits per heavy atom. The maximum absolute atomic E-state index is 12.8. The van der Waals surface area contributed by atoms with Crippen LogP contribution in [0.25, 0.3) is 0 Å². The zero-order chi connectivity index (χ0) is 22.5. The van der Waals surface area contributed by atoms with Gasteiger partial charge in [0, 0.05) is 43.4 Å². The Morgan fingerprint density at radius 2 is 1.91 bits per heavy atom. The third-order valence-electron chi connectivity index (χ3n) is 6.52. The van der Waals surface area contributed by atoms with Crippen LogP contribution in [0.15, 0.2) is 67.1 Å². The first-order chi connectivity index (χ1) is 15.5. The lowest BCUT2D eigenvalue weighted by Crippen LogP contribution is -2.26. The summed E-state index contributed by atoms with van der Waals surface area (Å²) in [5.41, 5.74) is 4.84. The highest BCUT2D eigenvalue weighted by molar-refractivity contribution is 5.94. The fourth-order valence-electron chi connectivity index (χ4n) is 4.69. The number of benzene rings is 1. The van der Waals surface area contributed by atoms with Crippen molar-refractivity contribution in [1.29, 1.82) is 0 Å². The third kappa shape index (κ3) is 5.40. The first-order valence-electron chi connectivity index (χ1n) is 11.3. The average molecular weight is 430 g/mol. The molecule has 5 nitrogen and oxygen atoms in total. The standard InChI is InChI=1S/C27H31N3O2/c1-19-5-9-25(17-29-19)26(31)24-12-8-21(15-24)14-20-6-10-23(11-7-20)27(32)30(2)18-22-4-3-13-28-16-22/h3-7,9-11,13,16-17,21,24,26,31H,8,12,14-15,18H2,1-2H3/t21-,24-,26-/m0/s1. The first-order valence-corrected chi connectivity index (χ1v) is 11.3. The summed E-state index contributed by atoms with van der Waals surface area (Å²) in [6.45, 7) is 2.50. The molecule has 3 atom stereocenters. The van der Waals surface area contributed by atoms with Gasteiger partial charge in [0.05, 0.1) is 6.10 Å². The van der Waals surface area contributed by atoms with Gasteiger partial charge < -0.3 is 10.0 Å². The van der Waals surface area contributed by atoms with Crippen molar-refractivity contribution in [1.82, 2.24) is 14.9 Å². The Morgan fingerprint density at radius 1 is 1.09 bits per heavy atom. The van der Waals surface area contributed by atoms with E-state index in [0.717, 1.165) is 42.5 Å². The molecule has 1 fully saturated rings. The molecule has 0 bridgehead atoms. The lowest BCUT2D eigenvalue weighted by molar-refractivity contribution is 0.0785. The minimum absolute atomic E-state index is 0.0103. The second-order valence-corrected chi connectivity index (χ2v) is 9.04. The predicted molar refractivity (Wildman–Crippen MR) is 125 cm³/mol. The van der Waals surface area contributed by atoms with Gasteiger partial charge in [-0.25, -0.2) is 0 Å². The van der Waals surface area contributed by atoms with E-state index in [9.17, 15) is 9.90 Å². The van der Waals surface area contributed by atoms with Crippen molar-refractivity contribution in [2.45, 2.75) is 45.3 Å². The molecular formula is C27H31N3O2. The van der Waals surface area contributed by atoms with Crippen molar-refractivity contribution in [3.8, 4) is 0 Å². The van der Waals surface area contributed by atoms with Crippen LogP contribution in [0.1, 0.15) is 58.1 Å². The molecule has 0 unspecified atom stereocenters. The van der Waals surface area contributed by atoms with Gasteiger partial charge in [0.2, 0.25) is 0 Å². The van der Waals surface area contributed by atoms with Gasteiger partial charge in [0.25, 0.3) is 5.91 Å². The predicted octanol–water partition coefficient (Wildman–Crippen LogP) is 4.75. The molecule has 0 saturated heterocycles. The molecular weight excluding hydrogens is 398 g/mol. The van der Waals surface area contributed by atoms with Gasteiger partial charge in [-0.1, -0.05) is 24.3 Å². The van der Waals surface area contributed by atoms with E-state index in [0.29, 0.717) is 18.0 Å². The molecule has 166 valence electrons. The van der Waals surface area contributed by atoms with Crippen molar-refractivity contribution in [2.24, 2.45) is 11.8 Å².